The SMILES string of the molecule is CCc1ccnc(C(=O)NCCC(=O)O)c1. The molecule has 0 aliphatic carbocycles. The topological polar surface area (TPSA) is 79.3 Å². The van der Waals surface area contributed by atoms with E-state index >= 15 is 0 Å². The number of carbonyl (C=O) groups is 2. The van der Waals surface area contributed by atoms with Crippen LogP contribution in [-0.4, -0.2) is 28.5 Å². The maximum atomic E-state index is 11.5. The molecule has 1 aromatic rings. The summed E-state index contributed by atoms with van der Waals surface area (Å²) in [6.45, 7) is 2.10. The number of nitrogens with zero attached hydrogens (tertiary/aromatic N) is 1. The molecule has 1 amide bonds. The first-order chi connectivity index (χ1) is 7.63. The first-order valence-electron chi connectivity index (χ1n) is 5.08. The molecule has 0 saturated heterocycles. The number of carbonyl (C=O) groups excluding carboxylic acids is 1. The highest BCUT2D eigenvalue weighted by molar-refractivity contribution is 5.92. The van der Waals surface area contributed by atoms with Gasteiger partial charge in [0.2, 0.25) is 0 Å². The minimum Gasteiger partial charge on any atom is -0.481 e. The molecule has 5 nitrogen and oxygen atoms in total. The minimum absolute atomic E-state index is 0.0841. The zero-order valence-corrected chi connectivity index (χ0v) is 9.06. The Hall–Kier alpha value is -1.91. The number of carboxylic acid groups (broad SMARTS) is 1. The summed E-state index contributed by atoms with van der Waals surface area (Å²) in [7, 11) is 0. The van der Waals surface area contributed by atoms with Gasteiger partial charge in [0, 0.05) is 12.7 Å². The maximum absolute atomic E-state index is 11.5. The molecule has 2 N–H and O–H groups in total. The van der Waals surface area contributed by atoms with Crippen molar-refractivity contribution in [3.63, 3.8) is 0 Å². The highest BCUT2D eigenvalue weighted by atomic mass is 16.4. The Morgan fingerprint density at radius 3 is 2.88 bits per heavy atom. The summed E-state index contributed by atoms with van der Waals surface area (Å²) in [5.41, 5.74) is 1.35. The molecular formula is C11H14N2O3. The third-order valence-corrected chi connectivity index (χ3v) is 2.09. The third-order valence-electron chi connectivity index (χ3n) is 2.09. The highest BCUT2D eigenvalue weighted by Crippen LogP contribution is 2.02. The summed E-state index contributed by atoms with van der Waals surface area (Å²) < 4.78 is 0. The van der Waals surface area contributed by atoms with Crippen molar-refractivity contribution in [1.82, 2.24) is 10.3 Å². The monoisotopic (exact) mass is 222 g/mol. The Balaban J connectivity index is 2.55. The fraction of sp³-hybridized carbons (Fsp3) is 0.364. The van der Waals surface area contributed by atoms with E-state index in [0.717, 1.165) is 12.0 Å². The van der Waals surface area contributed by atoms with Crippen LogP contribution in [0.4, 0.5) is 0 Å². The van der Waals surface area contributed by atoms with Crippen molar-refractivity contribution in [1.29, 1.82) is 0 Å². The van der Waals surface area contributed by atoms with Gasteiger partial charge in [-0.05, 0) is 24.1 Å². The van der Waals surface area contributed by atoms with Gasteiger partial charge in [-0.25, -0.2) is 0 Å². The number of aryl methyl sites for hydroxylation is 1. The van der Waals surface area contributed by atoms with Crippen LogP contribution in [0.3, 0.4) is 0 Å². The molecule has 1 rings (SSSR count). The first kappa shape index (κ1) is 12.2. The van der Waals surface area contributed by atoms with Crippen molar-refractivity contribution in [2.75, 3.05) is 6.54 Å². The van der Waals surface area contributed by atoms with Gasteiger partial charge >= 0.3 is 5.97 Å². The second kappa shape index (κ2) is 5.85. The van der Waals surface area contributed by atoms with E-state index in [0.29, 0.717) is 5.69 Å². The Bertz CT molecular complexity index is 391. The van der Waals surface area contributed by atoms with E-state index in [1.54, 1.807) is 12.3 Å². The van der Waals surface area contributed by atoms with Crippen LogP contribution in [0.2, 0.25) is 0 Å². The van der Waals surface area contributed by atoms with E-state index in [1.165, 1.54) is 0 Å². The van der Waals surface area contributed by atoms with E-state index in [1.807, 2.05) is 13.0 Å². The summed E-state index contributed by atoms with van der Waals surface area (Å²) in [5, 5.41) is 10.9. The largest absolute Gasteiger partial charge is 0.481 e. The number of amides is 1. The second-order valence-electron chi connectivity index (χ2n) is 3.30. The predicted octanol–water partition coefficient (Wildman–Crippen LogP) is 0.848. The molecule has 0 spiro atoms. The van der Waals surface area contributed by atoms with Crippen molar-refractivity contribution in [2.24, 2.45) is 0 Å². The number of aromatic nitrogens is 1. The van der Waals surface area contributed by atoms with Crippen LogP contribution in [0.5, 0.6) is 0 Å². The standard InChI is InChI=1S/C11H14N2O3/c1-2-8-3-5-12-9(7-8)11(16)13-6-4-10(14)15/h3,5,7H,2,4,6H2,1H3,(H,13,16)(H,14,15). The Morgan fingerprint density at radius 2 is 2.25 bits per heavy atom. The normalized spacial score (nSPS) is 9.81. The lowest BCUT2D eigenvalue weighted by molar-refractivity contribution is -0.136. The number of hydrogen-bond donors (Lipinski definition) is 2. The molecule has 0 saturated carbocycles. The summed E-state index contributed by atoms with van der Waals surface area (Å²) in [6, 6.07) is 3.55. The van der Waals surface area contributed by atoms with Gasteiger partial charge < -0.3 is 10.4 Å². The summed E-state index contributed by atoms with van der Waals surface area (Å²) in [4.78, 5) is 25.7. The van der Waals surface area contributed by atoms with Crippen LogP contribution in [0.1, 0.15) is 29.4 Å². The number of hydrogen-bond acceptors (Lipinski definition) is 3. The lowest BCUT2D eigenvalue weighted by atomic mass is 10.2. The Morgan fingerprint density at radius 1 is 1.50 bits per heavy atom. The van der Waals surface area contributed by atoms with E-state index < -0.39 is 5.97 Å². The molecular weight excluding hydrogens is 208 g/mol. The lowest BCUT2D eigenvalue weighted by Crippen LogP contribution is -2.26. The van der Waals surface area contributed by atoms with Crippen molar-refractivity contribution in [3.05, 3.63) is 29.6 Å². The van der Waals surface area contributed by atoms with Gasteiger partial charge in [0.1, 0.15) is 5.69 Å². The van der Waals surface area contributed by atoms with Gasteiger partial charge in [-0.1, -0.05) is 6.92 Å². The number of carboxylic acids is 1. The molecule has 0 atom stereocenters. The predicted molar refractivity (Wildman–Crippen MR) is 58.2 cm³/mol. The smallest absolute Gasteiger partial charge is 0.305 e. The molecule has 86 valence electrons. The van der Waals surface area contributed by atoms with Crippen LogP contribution in [0.15, 0.2) is 18.3 Å². The quantitative estimate of drug-likeness (QED) is 0.774. The zero-order valence-electron chi connectivity index (χ0n) is 9.06. The van der Waals surface area contributed by atoms with Gasteiger partial charge in [0.25, 0.3) is 5.91 Å². The van der Waals surface area contributed by atoms with Gasteiger partial charge in [-0.3, -0.25) is 14.6 Å². The number of nitrogens with one attached hydrogen (secondary N) is 1. The van der Waals surface area contributed by atoms with Crippen LogP contribution in [0.25, 0.3) is 0 Å². The Kier molecular flexibility index (Phi) is 4.44. The average molecular weight is 222 g/mol. The van der Waals surface area contributed by atoms with Gasteiger partial charge in [-0.2, -0.15) is 0 Å². The van der Waals surface area contributed by atoms with Crippen LogP contribution in [0, 0.1) is 0 Å². The van der Waals surface area contributed by atoms with Gasteiger partial charge in [0.05, 0.1) is 6.42 Å². The number of aliphatic carboxylic acids is 1. The molecule has 0 unspecified atom stereocenters. The van der Waals surface area contributed by atoms with Gasteiger partial charge in [0.15, 0.2) is 0 Å². The number of rotatable bonds is 5. The molecule has 0 radical (unpaired) electrons. The second-order valence-corrected chi connectivity index (χ2v) is 3.30. The molecule has 0 fully saturated rings. The molecule has 0 aliphatic rings. The zero-order chi connectivity index (χ0) is 12.0. The fourth-order valence-electron chi connectivity index (χ4n) is 1.19. The van der Waals surface area contributed by atoms with Gasteiger partial charge in [-0.15, -0.1) is 0 Å². The minimum atomic E-state index is -0.935. The molecule has 5 heteroatoms. The highest BCUT2D eigenvalue weighted by Gasteiger charge is 2.07. The van der Waals surface area contributed by atoms with E-state index in [2.05, 4.69) is 10.3 Å². The maximum Gasteiger partial charge on any atom is 0.305 e. The van der Waals surface area contributed by atoms with E-state index in [9.17, 15) is 9.59 Å². The average Bonchev–Trinajstić information content (AvgIpc) is 2.28. The van der Waals surface area contributed by atoms with Crippen LogP contribution in [-0.2, 0) is 11.2 Å². The van der Waals surface area contributed by atoms with Crippen molar-refractivity contribution in [2.45, 2.75) is 19.8 Å². The number of pyridine rings is 1. The molecule has 1 aromatic heterocycles. The Labute approximate surface area is 93.5 Å². The summed E-state index contributed by atoms with van der Waals surface area (Å²) >= 11 is 0. The van der Waals surface area contributed by atoms with E-state index in [-0.39, 0.29) is 18.9 Å². The fourth-order valence-corrected chi connectivity index (χ4v) is 1.19. The molecule has 1 heterocycles. The van der Waals surface area contributed by atoms with Crippen LogP contribution >= 0.6 is 0 Å². The van der Waals surface area contributed by atoms with Crippen molar-refractivity contribution >= 4 is 11.9 Å². The first-order valence-corrected chi connectivity index (χ1v) is 5.08. The van der Waals surface area contributed by atoms with E-state index in [4.69, 9.17) is 5.11 Å². The molecule has 16 heavy (non-hydrogen) atoms. The van der Waals surface area contributed by atoms with Crippen LogP contribution < -0.4 is 5.32 Å². The third kappa shape index (κ3) is 3.68. The molecule has 0 aliphatic heterocycles. The lowest BCUT2D eigenvalue weighted by Gasteiger charge is -2.03. The molecule has 0 bridgehead atoms. The molecule has 0 aromatic carbocycles. The summed E-state index contributed by atoms with van der Waals surface area (Å²) in [5.74, 6) is -1.27. The van der Waals surface area contributed by atoms with Crippen molar-refractivity contribution < 1.29 is 14.7 Å². The van der Waals surface area contributed by atoms with Crippen molar-refractivity contribution in [3.8, 4) is 0 Å². The summed E-state index contributed by atoms with van der Waals surface area (Å²) in [6.07, 6.45) is 2.32.